The van der Waals surface area contributed by atoms with Gasteiger partial charge in [-0.1, -0.05) is 13.8 Å². The molecule has 15 heteroatoms. The van der Waals surface area contributed by atoms with Crippen molar-refractivity contribution in [3.05, 3.63) is 24.3 Å². The van der Waals surface area contributed by atoms with E-state index in [1.807, 2.05) is 0 Å². The molecule has 0 saturated heterocycles. The molecule has 2 heterocycles. The standard InChI is InChI=1S/C16H16NO13P/c1-8(2)16(7-11(18)26-10-5-3-9(17-16)4-6-10)31(25,29-14(23)27-12(19)20)30-15(24)28-13(21)22/h3-6,8,17H,7H2,1-2H3,(H,19,20)(H,21,22). The van der Waals surface area contributed by atoms with Gasteiger partial charge in [0, 0.05) is 5.69 Å². The molecule has 0 spiro atoms. The Labute approximate surface area is 173 Å². The van der Waals surface area contributed by atoms with E-state index in [-0.39, 0.29) is 11.4 Å². The minimum Gasteiger partial charge on any atom is -0.449 e. The summed E-state index contributed by atoms with van der Waals surface area (Å²) in [5.41, 5.74) is 0.210. The molecule has 31 heavy (non-hydrogen) atoms. The van der Waals surface area contributed by atoms with E-state index in [0.29, 0.717) is 0 Å². The summed E-state index contributed by atoms with van der Waals surface area (Å²) in [4.78, 5) is 57.3. The number of carbonyl (C=O) groups is 5. The van der Waals surface area contributed by atoms with E-state index in [1.165, 1.54) is 38.1 Å². The minimum atomic E-state index is -5.33. The van der Waals surface area contributed by atoms with Gasteiger partial charge in [0.15, 0.2) is 5.28 Å². The summed E-state index contributed by atoms with van der Waals surface area (Å²) in [7, 11) is -5.33. The van der Waals surface area contributed by atoms with E-state index in [0.717, 1.165) is 0 Å². The van der Waals surface area contributed by atoms with Crippen LogP contribution >= 0.6 is 7.60 Å². The summed E-state index contributed by atoms with van der Waals surface area (Å²) in [6, 6.07) is 5.59. The van der Waals surface area contributed by atoms with Gasteiger partial charge in [0.2, 0.25) is 0 Å². The number of ether oxygens (including phenoxy) is 3. The van der Waals surface area contributed by atoms with E-state index in [4.69, 9.17) is 14.9 Å². The average Bonchev–Trinajstić information content (AvgIpc) is 2.71. The van der Waals surface area contributed by atoms with Crippen LogP contribution in [-0.2, 0) is 27.9 Å². The van der Waals surface area contributed by atoms with E-state index in [1.54, 1.807) is 0 Å². The zero-order valence-corrected chi connectivity index (χ0v) is 16.8. The Morgan fingerprint density at radius 3 is 1.94 bits per heavy atom. The number of benzene rings is 1. The first-order valence-corrected chi connectivity index (χ1v) is 9.89. The first-order valence-electron chi connectivity index (χ1n) is 8.34. The second-order valence-corrected chi connectivity index (χ2v) is 8.45. The summed E-state index contributed by atoms with van der Waals surface area (Å²) in [6.45, 7) is 2.80. The number of carbonyl (C=O) groups excluding carboxylic acids is 3. The fourth-order valence-electron chi connectivity index (χ4n) is 2.68. The SMILES string of the molecule is CC(C)C1(P(=O)(OC(=O)OC(=O)O)OC(=O)OC(=O)O)CC(=O)Oc2ccc(cc2)N1. The predicted octanol–water partition coefficient (Wildman–Crippen LogP) is 3.62. The molecule has 1 aromatic rings. The minimum absolute atomic E-state index is 0.127. The molecule has 1 aromatic carbocycles. The lowest BCUT2D eigenvalue weighted by atomic mass is 9.99. The molecular formula is C16H16NO13P. The fourth-order valence-corrected chi connectivity index (χ4v) is 4.73. The Morgan fingerprint density at radius 2 is 1.52 bits per heavy atom. The lowest BCUT2D eigenvalue weighted by Gasteiger charge is -2.40. The highest BCUT2D eigenvalue weighted by Crippen LogP contribution is 2.65. The molecule has 168 valence electrons. The number of hydrogen-bond acceptors (Lipinski definition) is 12. The van der Waals surface area contributed by atoms with Crippen LogP contribution in [0.2, 0.25) is 0 Å². The van der Waals surface area contributed by atoms with Crippen LogP contribution < -0.4 is 10.1 Å². The van der Waals surface area contributed by atoms with E-state index in [9.17, 15) is 28.5 Å². The first kappa shape index (κ1) is 23.5. The first-order chi connectivity index (χ1) is 14.4. The van der Waals surface area contributed by atoms with Crippen LogP contribution in [0.1, 0.15) is 20.3 Å². The molecule has 1 atom stereocenters. The highest BCUT2D eigenvalue weighted by molar-refractivity contribution is 7.56. The quantitative estimate of drug-likeness (QED) is 0.254. The maximum atomic E-state index is 13.7. The van der Waals surface area contributed by atoms with Crippen molar-refractivity contribution >= 4 is 43.9 Å². The summed E-state index contributed by atoms with van der Waals surface area (Å²) in [6.07, 6.45) is -9.24. The smallest absolute Gasteiger partial charge is 0.449 e. The molecule has 0 aromatic heterocycles. The van der Waals surface area contributed by atoms with E-state index >= 15 is 0 Å². The average molecular weight is 461 g/mol. The molecule has 0 fully saturated rings. The number of rotatable bonds is 4. The maximum Gasteiger partial charge on any atom is 0.525 e. The molecule has 14 nitrogen and oxygen atoms in total. The van der Waals surface area contributed by atoms with Gasteiger partial charge in [-0.2, -0.15) is 0 Å². The van der Waals surface area contributed by atoms with Crippen LogP contribution in [0.15, 0.2) is 24.3 Å². The maximum absolute atomic E-state index is 13.7. The van der Waals surface area contributed by atoms with Gasteiger partial charge in [-0.05, 0) is 30.2 Å². The molecule has 0 radical (unpaired) electrons. The molecular weight excluding hydrogens is 445 g/mol. The predicted molar refractivity (Wildman–Crippen MR) is 96.7 cm³/mol. The highest BCUT2D eigenvalue weighted by Gasteiger charge is 2.60. The third-order valence-electron chi connectivity index (χ3n) is 4.04. The molecule has 3 N–H and O–H groups in total. The number of fused-ring (bicyclic) bond motifs is 6. The Hall–Kier alpha value is -3.80. The zero-order valence-electron chi connectivity index (χ0n) is 15.9. The second-order valence-electron chi connectivity index (χ2n) is 6.30. The van der Waals surface area contributed by atoms with Gasteiger partial charge in [-0.3, -0.25) is 4.79 Å². The lowest BCUT2D eigenvalue weighted by Crippen LogP contribution is -2.47. The Kier molecular flexibility index (Phi) is 6.75. The molecule has 0 saturated carbocycles. The van der Waals surface area contributed by atoms with Crippen molar-refractivity contribution in [3.63, 3.8) is 0 Å². The van der Waals surface area contributed by atoms with Crippen LogP contribution in [0.5, 0.6) is 5.75 Å². The normalized spacial score (nSPS) is 17.8. The molecule has 2 aliphatic heterocycles. The van der Waals surface area contributed by atoms with Gasteiger partial charge in [0.1, 0.15) is 5.75 Å². The number of carboxylic acid groups (broad SMARTS) is 2. The van der Waals surface area contributed by atoms with Gasteiger partial charge in [0.25, 0.3) is 0 Å². The summed E-state index contributed by atoms with van der Waals surface area (Å²) in [5, 5.41) is 17.6. The number of nitrogens with one attached hydrogen (secondary N) is 1. The van der Waals surface area contributed by atoms with Crippen molar-refractivity contribution in [1.29, 1.82) is 0 Å². The van der Waals surface area contributed by atoms with Crippen LogP contribution in [0.25, 0.3) is 0 Å². The summed E-state index contributed by atoms with van der Waals surface area (Å²) < 4.78 is 35.4. The van der Waals surface area contributed by atoms with Crippen LogP contribution in [-0.4, -0.2) is 46.1 Å². The fraction of sp³-hybridized carbons (Fsp3) is 0.312. The van der Waals surface area contributed by atoms with Crippen LogP contribution in [0.3, 0.4) is 0 Å². The van der Waals surface area contributed by atoms with Gasteiger partial charge in [0.05, 0.1) is 6.42 Å². The van der Waals surface area contributed by atoms with Crippen molar-refractivity contribution < 1.29 is 62.0 Å². The van der Waals surface area contributed by atoms with Crippen molar-refractivity contribution in [2.24, 2.45) is 5.92 Å². The van der Waals surface area contributed by atoms with Crippen molar-refractivity contribution in [2.45, 2.75) is 25.5 Å². The van der Waals surface area contributed by atoms with Crippen LogP contribution in [0, 0.1) is 5.92 Å². The van der Waals surface area contributed by atoms with Gasteiger partial charge >= 0.3 is 38.2 Å². The second kappa shape index (κ2) is 8.92. The molecule has 0 aliphatic carbocycles. The van der Waals surface area contributed by atoms with Crippen molar-refractivity contribution in [1.82, 2.24) is 0 Å². The van der Waals surface area contributed by atoms with E-state index in [2.05, 4.69) is 23.8 Å². The molecule has 1 unspecified atom stereocenters. The molecule has 2 aliphatic rings. The molecule has 3 rings (SSSR count). The third-order valence-corrected chi connectivity index (χ3v) is 6.58. The Bertz CT molecular complexity index is 923. The highest BCUT2D eigenvalue weighted by atomic mass is 31.2. The van der Waals surface area contributed by atoms with Crippen LogP contribution in [0.4, 0.5) is 24.9 Å². The van der Waals surface area contributed by atoms with Gasteiger partial charge in [-0.25, -0.2) is 23.7 Å². The largest absolute Gasteiger partial charge is 0.525 e. The zero-order chi connectivity index (χ0) is 23.4. The number of esters is 1. The van der Waals surface area contributed by atoms with Gasteiger partial charge in [-0.15, -0.1) is 0 Å². The van der Waals surface area contributed by atoms with Gasteiger partial charge < -0.3 is 38.8 Å². The van der Waals surface area contributed by atoms with E-state index < -0.39 is 55.8 Å². The number of anilines is 1. The topological polar surface area (TPSA) is 201 Å². The van der Waals surface area contributed by atoms with Crippen molar-refractivity contribution in [2.75, 3.05) is 5.32 Å². The monoisotopic (exact) mass is 461 g/mol. The lowest BCUT2D eigenvalue weighted by molar-refractivity contribution is -0.135. The molecule has 2 bridgehead atoms. The Balaban J connectivity index is 2.61. The molecule has 0 amide bonds. The summed E-state index contributed by atoms with van der Waals surface area (Å²) in [5.74, 6) is -1.82. The third kappa shape index (κ3) is 5.42. The van der Waals surface area contributed by atoms with Crippen molar-refractivity contribution in [3.8, 4) is 5.75 Å². The Morgan fingerprint density at radius 1 is 1.03 bits per heavy atom. The number of hydrogen-bond donors (Lipinski definition) is 3. The summed E-state index contributed by atoms with van der Waals surface area (Å²) >= 11 is 0.